The molecular formula is C26H23ClN2O4. The molecule has 3 aromatic carbocycles. The third kappa shape index (κ3) is 4.71. The Morgan fingerprint density at radius 2 is 1.61 bits per heavy atom. The summed E-state index contributed by atoms with van der Waals surface area (Å²) in [5.74, 6) is 0.534. The van der Waals surface area contributed by atoms with E-state index in [-0.39, 0.29) is 18.1 Å². The predicted octanol–water partition coefficient (Wildman–Crippen LogP) is 5.14. The highest BCUT2D eigenvalue weighted by Crippen LogP contribution is 2.33. The monoisotopic (exact) mass is 462 g/mol. The molecule has 4 rings (SSSR count). The number of para-hydroxylation sites is 1. The van der Waals surface area contributed by atoms with Crippen LogP contribution >= 0.6 is 11.6 Å². The molecular weight excluding hydrogens is 440 g/mol. The minimum atomic E-state index is -0.412. The van der Waals surface area contributed by atoms with Gasteiger partial charge >= 0.3 is 0 Å². The summed E-state index contributed by atoms with van der Waals surface area (Å²) in [7, 11) is 1.56. The zero-order valence-corrected chi connectivity index (χ0v) is 19.1. The Kier molecular flexibility index (Phi) is 6.66. The van der Waals surface area contributed by atoms with E-state index in [1.807, 2.05) is 37.3 Å². The molecule has 2 amide bonds. The molecule has 168 valence electrons. The quantitative estimate of drug-likeness (QED) is 0.469. The zero-order chi connectivity index (χ0) is 23.4. The number of halogens is 1. The van der Waals surface area contributed by atoms with Crippen molar-refractivity contribution in [3.63, 3.8) is 0 Å². The Labute approximate surface area is 197 Å². The van der Waals surface area contributed by atoms with E-state index in [1.54, 1.807) is 49.6 Å². The first-order valence-corrected chi connectivity index (χ1v) is 10.9. The van der Waals surface area contributed by atoms with Crippen molar-refractivity contribution < 1.29 is 19.1 Å². The molecule has 7 heteroatoms. The minimum absolute atomic E-state index is 0.0905. The first-order valence-electron chi connectivity index (χ1n) is 10.5. The Morgan fingerprint density at radius 3 is 2.27 bits per heavy atom. The molecule has 0 unspecified atom stereocenters. The second-order valence-electron chi connectivity index (χ2n) is 7.35. The first kappa shape index (κ1) is 22.4. The lowest BCUT2D eigenvalue weighted by Gasteiger charge is -2.17. The second kappa shape index (κ2) is 9.79. The Balaban J connectivity index is 1.70. The lowest BCUT2D eigenvalue weighted by atomic mass is 10.0. The highest BCUT2D eigenvalue weighted by molar-refractivity contribution is 6.36. The smallest absolute Gasteiger partial charge is 0.278 e. The molecule has 0 saturated carbocycles. The Bertz CT molecular complexity index is 1200. The number of amides is 2. The van der Waals surface area contributed by atoms with E-state index in [4.69, 9.17) is 21.1 Å². The van der Waals surface area contributed by atoms with E-state index >= 15 is 0 Å². The summed E-state index contributed by atoms with van der Waals surface area (Å²) in [6, 6.07) is 21.4. The fourth-order valence-electron chi connectivity index (χ4n) is 3.67. The van der Waals surface area contributed by atoms with Crippen LogP contribution in [0.2, 0.25) is 5.02 Å². The van der Waals surface area contributed by atoms with Crippen LogP contribution in [-0.2, 0) is 16.1 Å². The fourth-order valence-corrected chi connectivity index (χ4v) is 3.80. The minimum Gasteiger partial charge on any atom is -0.496 e. The number of carbonyl (C=O) groups is 2. The van der Waals surface area contributed by atoms with Gasteiger partial charge in [0.2, 0.25) is 0 Å². The van der Waals surface area contributed by atoms with E-state index < -0.39 is 5.91 Å². The number of imide groups is 1. The van der Waals surface area contributed by atoms with Crippen molar-refractivity contribution in [3.05, 3.63) is 94.6 Å². The van der Waals surface area contributed by atoms with Crippen LogP contribution in [0.3, 0.4) is 0 Å². The van der Waals surface area contributed by atoms with Gasteiger partial charge in [-0.3, -0.25) is 14.5 Å². The molecule has 0 radical (unpaired) electrons. The number of hydrogen-bond donors (Lipinski definition) is 1. The number of anilines is 1. The molecule has 0 atom stereocenters. The number of carbonyl (C=O) groups excluding carboxylic acids is 2. The van der Waals surface area contributed by atoms with E-state index in [0.29, 0.717) is 34.2 Å². The Hall–Kier alpha value is -3.77. The van der Waals surface area contributed by atoms with Crippen molar-refractivity contribution in [1.29, 1.82) is 0 Å². The number of nitrogens with zero attached hydrogens (tertiary/aromatic N) is 1. The van der Waals surface area contributed by atoms with Crippen molar-refractivity contribution >= 4 is 34.7 Å². The summed E-state index contributed by atoms with van der Waals surface area (Å²) in [5.41, 5.74) is 2.51. The average Bonchev–Trinajstić information content (AvgIpc) is 3.05. The van der Waals surface area contributed by atoms with Gasteiger partial charge in [-0.1, -0.05) is 41.9 Å². The van der Waals surface area contributed by atoms with E-state index in [2.05, 4.69) is 5.32 Å². The molecule has 0 aliphatic carbocycles. The van der Waals surface area contributed by atoms with Gasteiger partial charge in [0.25, 0.3) is 11.8 Å². The maximum absolute atomic E-state index is 13.5. The highest BCUT2D eigenvalue weighted by atomic mass is 35.5. The van der Waals surface area contributed by atoms with Crippen molar-refractivity contribution in [2.75, 3.05) is 19.0 Å². The maximum Gasteiger partial charge on any atom is 0.278 e. The van der Waals surface area contributed by atoms with Crippen LogP contribution in [0.15, 0.2) is 78.5 Å². The summed E-state index contributed by atoms with van der Waals surface area (Å²) in [4.78, 5) is 28.1. The Morgan fingerprint density at radius 1 is 0.909 bits per heavy atom. The maximum atomic E-state index is 13.5. The van der Waals surface area contributed by atoms with Crippen LogP contribution in [0.25, 0.3) is 5.57 Å². The van der Waals surface area contributed by atoms with Crippen LogP contribution in [-0.4, -0.2) is 30.4 Å². The molecule has 1 N–H and O–H groups in total. The van der Waals surface area contributed by atoms with Crippen LogP contribution in [0.1, 0.15) is 18.1 Å². The molecule has 0 saturated heterocycles. The van der Waals surface area contributed by atoms with Crippen LogP contribution in [0.5, 0.6) is 11.5 Å². The molecule has 1 heterocycles. The largest absolute Gasteiger partial charge is 0.496 e. The average molecular weight is 463 g/mol. The molecule has 0 bridgehead atoms. The lowest BCUT2D eigenvalue weighted by molar-refractivity contribution is -0.137. The number of hydrogen-bond acceptors (Lipinski definition) is 5. The first-order chi connectivity index (χ1) is 16.0. The number of ether oxygens (including phenoxy) is 2. The van der Waals surface area contributed by atoms with E-state index in [9.17, 15) is 9.59 Å². The molecule has 1 aliphatic heterocycles. The number of rotatable bonds is 8. The summed E-state index contributed by atoms with van der Waals surface area (Å²) in [6.07, 6.45) is 0. The van der Waals surface area contributed by atoms with Gasteiger partial charge in [-0.15, -0.1) is 0 Å². The van der Waals surface area contributed by atoms with Gasteiger partial charge in [0.15, 0.2) is 0 Å². The standard InChI is InChI=1S/C26H23ClN2O4/c1-3-33-21-14-12-20(13-15-21)28-24-23(17-8-10-19(27)11-9-17)25(30)29(26(24)31)16-18-6-4-5-7-22(18)32-2/h4-15,28H,3,16H2,1-2H3. The molecule has 0 aromatic heterocycles. The van der Waals surface area contributed by atoms with Crippen molar-refractivity contribution in [2.45, 2.75) is 13.5 Å². The van der Waals surface area contributed by atoms with Crippen molar-refractivity contribution in [1.82, 2.24) is 4.90 Å². The van der Waals surface area contributed by atoms with Gasteiger partial charge in [0.05, 0.1) is 25.8 Å². The van der Waals surface area contributed by atoms with Crippen LogP contribution in [0, 0.1) is 0 Å². The topological polar surface area (TPSA) is 67.9 Å². The molecule has 0 spiro atoms. The molecule has 6 nitrogen and oxygen atoms in total. The summed E-state index contributed by atoms with van der Waals surface area (Å²) in [5, 5.41) is 3.69. The van der Waals surface area contributed by atoms with Crippen molar-refractivity contribution in [2.24, 2.45) is 0 Å². The lowest BCUT2D eigenvalue weighted by Crippen LogP contribution is -2.32. The third-order valence-electron chi connectivity index (χ3n) is 5.26. The predicted molar refractivity (Wildman–Crippen MR) is 128 cm³/mol. The molecule has 1 aliphatic rings. The fraction of sp³-hybridized carbons (Fsp3) is 0.154. The summed E-state index contributed by atoms with van der Waals surface area (Å²) in [6.45, 7) is 2.56. The van der Waals surface area contributed by atoms with E-state index in [0.717, 1.165) is 11.3 Å². The molecule has 0 fully saturated rings. The van der Waals surface area contributed by atoms with Gasteiger partial charge < -0.3 is 14.8 Å². The number of nitrogens with one attached hydrogen (secondary N) is 1. The zero-order valence-electron chi connectivity index (χ0n) is 18.3. The van der Waals surface area contributed by atoms with Crippen molar-refractivity contribution in [3.8, 4) is 11.5 Å². The summed E-state index contributed by atoms with van der Waals surface area (Å²) < 4.78 is 10.9. The van der Waals surface area contributed by atoms with Gasteiger partial charge in [0.1, 0.15) is 17.2 Å². The molecule has 3 aromatic rings. The van der Waals surface area contributed by atoms with E-state index in [1.165, 1.54) is 4.90 Å². The number of methoxy groups -OCH3 is 1. The van der Waals surface area contributed by atoms with Gasteiger partial charge in [-0.25, -0.2) is 0 Å². The van der Waals surface area contributed by atoms with Crippen LogP contribution < -0.4 is 14.8 Å². The second-order valence-corrected chi connectivity index (χ2v) is 7.78. The van der Waals surface area contributed by atoms with Crippen LogP contribution in [0.4, 0.5) is 5.69 Å². The SMILES string of the molecule is CCOc1ccc(NC2=C(c3ccc(Cl)cc3)C(=O)N(Cc3ccccc3OC)C2=O)cc1. The van der Waals surface area contributed by atoms with Gasteiger partial charge in [-0.2, -0.15) is 0 Å². The van der Waals surface area contributed by atoms with Gasteiger partial charge in [-0.05, 0) is 55.0 Å². The normalized spacial score (nSPS) is 13.5. The summed E-state index contributed by atoms with van der Waals surface area (Å²) >= 11 is 6.04. The number of benzene rings is 3. The molecule has 33 heavy (non-hydrogen) atoms. The third-order valence-corrected chi connectivity index (χ3v) is 5.51. The van der Waals surface area contributed by atoms with Gasteiger partial charge in [0, 0.05) is 16.3 Å². The highest BCUT2D eigenvalue weighted by Gasteiger charge is 2.39.